The van der Waals surface area contributed by atoms with Crippen LogP contribution in [0, 0.1) is 6.92 Å². The van der Waals surface area contributed by atoms with Crippen LogP contribution in [-0.4, -0.2) is 34.0 Å². The molecule has 2 atom stereocenters. The second-order valence-electron chi connectivity index (χ2n) is 6.24. The number of rotatable bonds is 6. The summed E-state index contributed by atoms with van der Waals surface area (Å²) in [5, 5.41) is 18.0. The second-order valence-corrected chi connectivity index (χ2v) is 6.24. The van der Waals surface area contributed by atoms with Crippen LogP contribution in [0.1, 0.15) is 29.9 Å². The maximum absolute atomic E-state index is 12.6. The number of aliphatic carboxylic acids is 1. The summed E-state index contributed by atoms with van der Waals surface area (Å²) in [7, 11) is 0. The fourth-order valence-electron chi connectivity index (χ4n) is 3.21. The number of amides is 1. The maximum Gasteiger partial charge on any atom is 1.00 e. The Bertz CT molecular complexity index is 750. The molecule has 1 amide bonds. The van der Waals surface area contributed by atoms with E-state index in [0.29, 0.717) is 25.1 Å². The fourth-order valence-corrected chi connectivity index (χ4v) is 3.21. The fraction of sp³-hybridized carbons (Fsp3) is 0.389. The molecule has 132 valence electrons. The van der Waals surface area contributed by atoms with Crippen LogP contribution in [0.5, 0.6) is 0 Å². The maximum atomic E-state index is 12.6. The van der Waals surface area contributed by atoms with E-state index in [1.807, 2.05) is 30.3 Å². The summed E-state index contributed by atoms with van der Waals surface area (Å²) in [6.07, 6.45) is 0.876. The Hall–Kier alpha value is -1.67. The van der Waals surface area contributed by atoms with Crippen LogP contribution in [-0.2, 0) is 22.7 Å². The summed E-state index contributed by atoms with van der Waals surface area (Å²) in [5.74, 6) is -0.791. The van der Waals surface area contributed by atoms with Crippen molar-refractivity contribution in [2.75, 3.05) is 0 Å². The molecular weight excluding hydrogens is 345 g/mol. The molecular formula is C18H20N3NaO4. The van der Waals surface area contributed by atoms with Crippen molar-refractivity contribution in [2.24, 2.45) is 0 Å². The van der Waals surface area contributed by atoms with Gasteiger partial charge < -0.3 is 19.7 Å². The van der Waals surface area contributed by atoms with E-state index in [1.54, 1.807) is 17.9 Å². The van der Waals surface area contributed by atoms with Crippen molar-refractivity contribution in [3.05, 3.63) is 53.4 Å². The monoisotopic (exact) mass is 365 g/mol. The van der Waals surface area contributed by atoms with Crippen molar-refractivity contribution in [3.63, 3.8) is 0 Å². The van der Waals surface area contributed by atoms with Crippen molar-refractivity contribution < 1.29 is 48.8 Å². The van der Waals surface area contributed by atoms with Gasteiger partial charge in [-0.3, -0.25) is 9.69 Å². The molecule has 2 aromatic rings. The number of likely N-dealkylation sites (tertiary alicyclic amines) is 1. The number of nitrogens with one attached hydrogen (secondary N) is 1. The standard InChI is InChI=1S/C18H21N3O4.Na/c1-12-9-14(25-20-12)10-19-17(22)15-7-8-16(18(23)24)21(15)11-13-5-3-2-4-6-13;/h2-6,9,15-16H,7-8,10-11H2,1H3,(H,19,22)(H,23,24);/q;+1/p-1. The summed E-state index contributed by atoms with van der Waals surface area (Å²) in [6, 6.07) is 9.99. The van der Waals surface area contributed by atoms with E-state index >= 15 is 0 Å². The number of carboxylic acids is 1. The number of hydrogen-bond acceptors (Lipinski definition) is 6. The molecule has 26 heavy (non-hydrogen) atoms. The number of nitrogens with zero attached hydrogens (tertiary/aromatic N) is 2. The van der Waals surface area contributed by atoms with Crippen molar-refractivity contribution in [3.8, 4) is 0 Å². The minimum absolute atomic E-state index is 0. The van der Waals surface area contributed by atoms with Crippen molar-refractivity contribution in [2.45, 2.75) is 44.9 Å². The van der Waals surface area contributed by atoms with E-state index in [-0.39, 0.29) is 42.0 Å². The molecule has 7 nitrogen and oxygen atoms in total. The normalized spacial score (nSPS) is 19.7. The van der Waals surface area contributed by atoms with Gasteiger partial charge in [0, 0.05) is 12.6 Å². The number of hydrogen-bond donors (Lipinski definition) is 1. The third kappa shape index (κ3) is 4.94. The van der Waals surface area contributed by atoms with Crippen molar-refractivity contribution in [1.29, 1.82) is 0 Å². The van der Waals surface area contributed by atoms with Gasteiger partial charge in [0.2, 0.25) is 5.91 Å². The smallest absolute Gasteiger partial charge is 0.548 e. The quantitative estimate of drug-likeness (QED) is 0.563. The first-order valence-corrected chi connectivity index (χ1v) is 8.25. The Labute approximate surface area is 174 Å². The topological polar surface area (TPSA) is 98.5 Å². The molecule has 1 aliphatic heterocycles. The van der Waals surface area contributed by atoms with E-state index in [2.05, 4.69) is 10.5 Å². The Balaban J connectivity index is 0.00000243. The van der Waals surface area contributed by atoms with Gasteiger partial charge in [-0.25, -0.2) is 0 Å². The van der Waals surface area contributed by atoms with Crippen LogP contribution in [0.4, 0.5) is 0 Å². The zero-order valence-electron chi connectivity index (χ0n) is 15.0. The zero-order valence-corrected chi connectivity index (χ0v) is 17.0. The zero-order chi connectivity index (χ0) is 17.8. The average molecular weight is 365 g/mol. The first kappa shape index (κ1) is 20.6. The Morgan fingerprint density at radius 3 is 2.58 bits per heavy atom. The SMILES string of the molecule is Cc1cc(CNC(=O)C2CCC(C(=O)[O-])N2Cc2ccccc2)on1.[Na+]. The summed E-state index contributed by atoms with van der Waals surface area (Å²) >= 11 is 0. The second kappa shape index (κ2) is 9.32. The summed E-state index contributed by atoms with van der Waals surface area (Å²) in [4.78, 5) is 25.7. The van der Waals surface area contributed by atoms with Gasteiger partial charge >= 0.3 is 29.6 Å². The molecule has 1 fully saturated rings. The molecule has 1 N–H and O–H groups in total. The van der Waals surface area contributed by atoms with Crippen LogP contribution in [0.2, 0.25) is 0 Å². The van der Waals surface area contributed by atoms with Crippen LogP contribution in [0.25, 0.3) is 0 Å². The van der Waals surface area contributed by atoms with Gasteiger partial charge in [-0.05, 0) is 25.3 Å². The molecule has 1 aromatic carbocycles. The number of carboxylic acid groups (broad SMARTS) is 1. The third-order valence-electron chi connectivity index (χ3n) is 4.41. The van der Waals surface area contributed by atoms with Crippen molar-refractivity contribution >= 4 is 11.9 Å². The van der Waals surface area contributed by atoms with Crippen LogP contribution in [0.15, 0.2) is 40.9 Å². The summed E-state index contributed by atoms with van der Waals surface area (Å²) in [5.41, 5.74) is 1.70. The van der Waals surface area contributed by atoms with Crippen molar-refractivity contribution in [1.82, 2.24) is 15.4 Å². The van der Waals surface area contributed by atoms with Gasteiger partial charge in [0.25, 0.3) is 0 Å². The molecule has 2 heterocycles. The van der Waals surface area contributed by atoms with E-state index < -0.39 is 18.1 Å². The van der Waals surface area contributed by atoms with Crippen LogP contribution < -0.4 is 40.0 Å². The van der Waals surface area contributed by atoms with Gasteiger partial charge in [-0.2, -0.15) is 0 Å². The Morgan fingerprint density at radius 1 is 1.27 bits per heavy atom. The van der Waals surface area contributed by atoms with Gasteiger partial charge in [-0.1, -0.05) is 35.5 Å². The first-order chi connectivity index (χ1) is 12.0. The third-order valence-corrected chi connectivity index (χ3v) is 4.41. The molecule has 1 saturated heterocycles. The molecule has 0 spiro atoms. The molecule has 8 heteroatoms. The minimum Gasteiger partial charge on any atom is -0.548 e. The number of aryl methyl sites for hydroxylation is 1. The van der Waals surface area contributed by atoms with Gasteiger partial charge in [0.15, 0.2) is 5.76 Å². The largest absolute Gasteiger partial charge is 1.00 e. The molecule has 1 aromatic heterocycles. The number of carbonyl (C=O) groups is 2. The van der Waals surface area contributed by atoms with Gasteiger partial charge in [0.1, 0.15) is 0 Å². The Kier molecular flexibility index (Phi) is 7.40. The number of carbonyl (C=O) groups excluding carboxylic acids is 2. The van der Waals surface area contributed by atoms with E-state index in [1.165, 1.54) is 0 Å². The molecule has 0 aliphatic carbocycles. The molecule has 0 bridgehead atoms. The molecule has 3 rings (SSSR count). The average Bonchev–Trinajstić information content (AvgIpc) is 3.20. The van der Waals surface area contributed by atoms with Crippen LogP contribution in [0.3, 0.4) is 0 Å². The summed E-state index contributed by atoms with van der Waals surface area (Å²) in [6.45, 7) is 2.42. The molecule has 1 aliphatic rings. The Morgan fingerprint density at radius 2 is 1.96 bits per heavy atom. The van der Waals surface area contributed by atoms with Gasteiger partial charge in [0.05, 0.1) is 30.3 Å². The first-order valence-electron chi connectivity index (χ1n) is 8.25. The number of benzene rings is 1. The van der Waals surface area contributed by atoms with E-state index in [0.717, 1.165) is 11.3 Å². The molecule has 2 unspecified atom stereocenters. The predicted molar refractivity (Wildman–Crippen MR) is 86.9 cm³/mol. The number of aromatic nitrogens is 1. The van der Waals surface area contributed by atoms with E-state index in [4.69, 9.17) is 4.52 Å². The van der Waals surface area contributed by atoms with Crippen LogP contribution >= 0.6 is 0 Å². The summed E-state index contributed by atoms with van der Waals surface area (Å²) < 4.78 is 5.08. The van der Waals surface area contributed by atoms with E-state index in [9.17, 15) is 14.7 Å². The molecule has 0 radical (unpaired) electrons. The molecule has 0 saturated carbocycles. The predicted octanol–water partition coefficient (Wildman–Crippen LogP) is -2.61. The minimum atomic E-state index is -1.14. The van der Waals surface area contributed by atoms with Gasteiger partial charge in [-0.15, -0.1) is 0 Å².